The maximum atomic E-state index is 12.3. The van der Waals surface area contributed by atoms with Crippen LogP contribution in [0.2, 0.25) is 0 Å². The van der Waals surface area contributed by atoms with Crippen LogP contribution in [0.1, 0.15) is 52.9 Å². The molecule has 0 spiro atoms. The molecule has 0 heterocycles. The van der Waals surface area contributed by atoms with Crippen molar-refractivity contribution in [1.82, 2.24) is 10.6 Å². The fraction of sp³-hybridized carbons (Fsp3) is 0.824. The lowest BCUT2D eigenvalue weighted by Crippen LogP contribution is -2.48. The Bertz CT molecular complexity index is 445. The highest BCUT2D eigenvalue weighted by Gasteiger charge is 2.31. The van der Waals surface area contributed by atoms with Crippen molar-refractivity contribution >= 4 is 17.8 Å². The van der Waals surface area contributed by atoms with Crippen LogP contribution in [0.15, 0.2) is 0 Å². The number of carboxylic acid groups (broad SMARTS) is 1. The molecule has 24 heavy (non-hydrogen) atoms. The fourth-order valence-electron chi connectivity index (χ4n) is 2.99. The zero-order chi connectivity index (χ0) is 18.3. The highest BCUT2D eigenvalue weighted by molar-refractivity contribution is 5.85. The highest BCUT2D eigenvalue weighted by atomic mass is 16.4. The topological polar surface area (TPSA) is 122 Å². The quantitative estimate of drug-likeness (QED) is 0.522. The molecule has 1 aliphatic carbocycles. The van der Waals surface area contributed by atoms with Gasteiger partial charge in [-0.05, 0) is 44.4 Å². The summed E-state index contributed by atoms with van der Waals surface area (Å²) >= 11 is 0. The number of rotatable bonds is 8. The van der Waals surface area contributed by atoms with E-state index in [2.05, 4.69) is 10.6 Å². The molecule has 2 amide bonds. The summed E-state index contributed by atoms with van der Waals surface area (Å²) in [6.07, 6.45) is 3.83. The number of hydrogen-bond acceptors (Lipinski definition) is 4. The Labute approximate surface area is 143 Å². The van der Waals surface area contributed by atoms with Crippen molar-refractivity contribution in [3.8, 4) is 0 Å². The number of aliphatic carboxylic acids is 1. The van der Waals surface area contributed by atoms with Crippen LogP contribution in [0.25, 0.3) is 0 Å². The average Bonchev–Trinajstić information content (AvgIpc) is 2.56. The predicted molar refractivity (Wildman–Crippen MR) is 91.1 cm³/mol. The Morgan fingerprint density at radius 2 is 1.75 bits per heavy atom. The van der Waals surface area contributed by atoms with Crippen LogP contribution < -0.4 is 16.4 Å². The van der Waals surface area contributed by atoms with Crippen molar-refractivity contribution in [2.75, 3.05) is 6.54 Å². The molecule has 1 aliphatic rings. The summed E-state index contributed by atoms with van der Waals surface area (Å²) in [6, 6.07) is -1.34. The number of nitrogens with two attached hydrogens (primary N) is 1. The first-order valence-corrected chi connectivity index (χ1v) is 8.82. The summed E-state index contributed by atoms with van der Waals surface area (Å²) in [6.45, 7) is 5.97. The molecule has 1 rings (SSSR count). The Balaban J connectivity index is 2.42. The maximum Gasteiger partial charge on any atom is 0.326 e. The Morgan fingerprint density at radius 3 is 2.21 bits per heavy atom. The van der Waals surface area contributed by atoms with Crippen molar-refractivity contribution in [1.29, 1.82) is 0 Å². The minimum atomic E-state index is -0.981. The van der Waals surface area contributed by atoms with Gasteiger partial charge in [-0.25, -0.2) is 4.79 Å². The third kappa shape index (κ3) is 6.11. The molecule has 0 bridgehead atoms. The van der Waals surface area contributed by atoms with Crippen molar-refractivity contribution in [3.63, 3.8) is 0 Å². The van der Waals surface area contributed by atoms with E-state index in [1.807, 2.05) is 13.8 Å². The second-order valence-corrected chi connectivity index (χ2v) is 6.96. The normalized spacial score (nSPS) is 24.5. The molecule has 1 saturated carbocycles. The van der Waals surface area contributed by atoms with E-state index in [9.17, 15) is 19.5 Å². The van der Waals surface area contributed by atoms with Gasteiger partial charge in [0.25, 0.3) is 0 Å². The van der Waals surface area contributed by atoms with Crippen molar-refractivity contribution in [2.24, 2.45) is 23.5 Å². The number of hydrogen-bond donors (Lipinski definition) is 4. The molecule has 0 aromatic heterocycles. The first-order chi connectivity index (χ1) is 11.3. The highest BCUT2D eigenvalue weighted by Crippen LogP contribution is 2.28. The van der Waals surface area contributed by atoms with Crippen LogP contribution >= 0.6 is 0 Å². The molecule has 3 atom stereocenters. The Hall–Kier alpha value is -1.63. The third-order valence-electron chi connectivity index (χ3n) is 4.97. The summed E-state index contributed by atoms with van der Waals surface area (Å²) in [5, 5.41) is 14.8. The number of carboxylic acids is 1. The molecule has 138 valence electrons. The second-order valence-electron chi connectivity index (χ2n) is 6.96. The first kappa shape index (κ1) is 20.4. The molecular weight excluding hydrogens is 310 g/mol. The van der Waals surface area contributed by atoms with Crippen molar-refractivity contribution < 1.29 is 19.5 Å². The van der Waals surface area contributed by atoms with Gasteiger partial charge < -0.3 is 21.5 Å². The van der Waals surface area contributed by atoms with Gasteiger partial charge in [-0.15, -0.1) is 0 Å². The van der Waals surface area contributed by atoms with E-state index in [0.29, 0.717) is 18.9 Å². The van der Waals surface area contributed by atoms with E-state index in [4.69, 9.17) is 5.73 Å². The van der Waals surface area contributed by atoms with Crippen LogP contribution in [0, 0.1) is 17.8 Å². The lowest BCUT2D eigenvalue weighted by molar-refractivity contribution is -0.144. The smallest absolute Gasteiger partial charge is 0.326 e. The lowest BCUT2D eigenvalue weighted by atomic mass is 9.81. The average molecular weight is 341 g/mol. The third-order valence-corrected chi connectivity index (χ3v) is 4.97. The second kappa shape index (κ2) is 9.61. The van der Waals surface area contributed by atoms with Gasteiger partial charge in [0.2, 0.25) is 11.8 Å². The van der Waals surface area contributed by atoms with E-state index in [0.717, 1.165) is 25.7 Å². The van der Waals surface area contributed by atoms with Gasteiger partial charge in [-0.3, -0.25) is 9.59 Å². The Kier molecular flexibility index (Phi) is 8.18. The van der Waals surface area contributed by atoms with Gasteiger partial charge in [0.15, 0.2) is 0 Å². The molecule has 1 unspecified atom stereocenters. The zero-order valence-corrected chi connectivity index (χ0v) is 14.9. The first-order valence-electron chi connectivity index (χ1n) is 8.82. The molecule has 0 aromatic carbocycles. The molecule has 1 fully saturated rings. The van der Waals surface area contributed by atoms with E-state index >= 15 is 0 Å². The molecular formula is C17H31N3O4. The van der Waals surface area contributed by atoms with E-state index in [1.165, 1.54) is 0 Å². The lowest BCUT2D eigenvalue weighted by Gasteiger charge is -2.29. The van der Waals surface area contributed by atoms with Crippen LogP contribution in [0.3, 0.4) is 0 Å². The Morgan fingerprint density at radius 1 is 1.17 bits per heavy atom. The minimum absolute atomic E-state index is 0.101. The molecule has 5 N–H and O–H groups in total. The van der Waals surface area contributed by atoms with E-state index in [-0.39, 0.29) is 23.7 Å². The summed E-state index contributed by atoms with van der Waals surface area (Å²) in [5.74, 6) is -1.20. The molecule has 0 aliphatic heterocycles. The molecule has 0 radical (unpaired) electrons. The number of carbonyl (C=O) groups is 3. The van der Waals surface area contributed by atoms with Crippen molar-refractivity contribution in [3.05, 3.63) is 0 Å². The number of amides is 2. The summed E-state index contributed by atoms with van der Waals surface area (Å²) in [7, 11) is 0. The van der Waals surface area contributed by atoms with Crippen LogP contribution in [0.5, 0.6) is 0 Å². The summed E-state index contributed by atoms with van der Waals surface area (Å²) < 4.78 is 0. The van der Waals surface area contributed by atoms with Crippen LogP contribution in [-0.2, 0) is 14.4 Å². The van der Waals surface area contributed by atoms with Gasteiger partial charge in [0.05, 0.1) is 6.04 Å². The summed E-state index contributed by atoms with van der Waals surface area (Å²) in [5.41, 5.74) is 5.51. The van der Waals surface area contributed by atoms with Crippen LogP contribution in [-0.4, -0.2) is 41.5 Å². The van der Waals surface area contributed by atoms with Gasteiger partial charge in [-0.2, -0.15) is 0 Å². The molecule has 0 saturated heterocycles. The van der Waals surface area contributed by atoms with E-state index in [1.54, 1.807) is 6.92 Å². The van der Waals surface area contributed by atoms with Crippen LogP contribution in [0.4, 0.5) is 0 Å². The van der Waals surface area contributed by atoms with Crippen molar-refractivity contribution in [2.45, 2.75) is 65.0 Å². The minimum Gasteiger partial charge on any atom is -0.480 e. The van der Waals surface area contributed by atoms with Gasteiger partial charge in [-0.1, -0.05) is 20.3 Å². The monoisotopic (exact) mass is 341 g/mol. The largest absolute Gasteiger partial charge is 0.480 e. The molecule has 7 heteroatoms. The number of nitrogens with one attached hydrogen (secondary N) is 2. The van der Waals surface area contributed by atoms with Gasteiger partial charge in [0.1, 0.15) is 6.04 Å². The standard InChI is InChI=1S/C17H31N3O4/c1-4-10(2)14(17(23)24)20-16(22)13-7-5-12(6-8-13)9-19-15(21)11(3)18/h10-14H,4-9,18H2,1-3H3,(H,19,21)(H,20,22)(H,23,24)/t10?,11-,12?,13?,14+/m1/s1. The SMILES string of the molecule is CCC(C)[C@H](NC(=O)C1CCC(CNC(=O)[C@@H](C)N)CC1)C(=O)O. The zero-order valence-electron chi connectivity index (χ0n) is 14.9. The van der Waals surface area contributed by atoms with E-state index < -0.39 is 18.1 Å². The summed E-state index contributed by atoms with van der Waals surface area (Å²) in [4.78, 5) is 35.1. The maximum absolute atomic E-state index is 12.3. The predicted octanol–water partition coefficient (Wildman–Crippen LogP) is 0.872. The number of carbonyl (C=O) groups excluding carboxylic acids is 2. The molecule has 0 aromatic rings. The molecule has 7 nitrogen and oxygen atoms in total. The van der Waals surface area contributed by atoms with Gasteiger partial charge >= 0.3 is 5.97 Å². The fourth-order valence-corrected chi connectivity index (χ4v) is 2.99. The van der Waals surface area contributed by atoms with Gasteiger partial charge in [0, 0.05) is 12.5 Å².